The minimum Gasteiger partial charge on any atom is -0.458 e. The van der Waals surface area contributed by atoms with Gasteiger partial charge in [-0.05, 0) is 118 Å². The summed E-state index contributed by atoms with van der Waals surface area (Å²) in [5.74, 6) is 0.486. The number of aliphatic hydroxyl groups is 2. The van der Waals surface area contributed by atoms with Crippen LogP contribution in [-0.4, -0.2) is 71.9 Å². The summed E-state index contributed by atoms with van der Waals surface area (Å²) in [6.07, 6.45) is 9.44. The molecule has 4 saturated carbocycles. The zero-order valence-corrected chi connectivity index (χ0v) is 28.4. The second-order valence-corrected chi connectivity index (χ2v) is 16.7. The van der Waals surface area contributed by atoms with Crippen LogP contribution in [0.25, 0.3) is 0 Å². The van der Waals surface area contributed by atoms with Gasteiger partial charge in [-0.2, -0.15) is 0 Å². The quantitative estimate of drug-likeness (QED) is 0.268. The van der Waals surface area contributed by atoms with Crippen molar-refractivity contribution in [2.24, 2.45) is 39.9 Å². The Hall–Kier alpha value is -1.48. The number of carbonyl (C=O) groups excluding carboxylic acids is 2. The van der Waals surface area contributed by atoms with Crippen molar-refractivity contribution >= 4 is 11.9 Å². The Kier molecular flexibility index (Phi) is 9.45. The molecule has 1 amide bonds. The summed E-state index contributed by atoms with van der Waals surface area (Å²) in [6.45, 7) is 17.0. The minimum atomic E-state index is -0.976. The van der Waals surface area contributed by atoms with Crippen LogP contribution < -0.4 is 5.32 Å². The highest BCUT2D eigenvalue weighted by Gasteiger charge is 2.72. The molecular weight excluding hydrogens is 558 g/mol. The Morgan fingerprint density at radius 2 is 1.89 bits per heavy atom. The van der Waals surface area contributed by atoms with Gasteiger partial charge in [-0.25, -0.2) is 4.79 Å². The largest absolute Gasteiger partial charge is 0.458 e. The molecule has 4 fully saturated rings. The molecule has 1 heterocycles. The fourth-order valence-electron chi connectivity index (χ4n) is 10.3. The number of aliphatic hydroxyl groups excluding tert-OH is 1. The number of hydrogen-bond donors (Lipinski definition) is 3. The third-order valence-corrected chi connectivity index (χ3v) is 13.4. The van der Waals surface area contributed by atoms with Crippen molar-refractivity contribution in [1.29, 1.82) is 0 Å². The lowest BCUT2D eigenvalue weighted by molar-refractivity contribution is -0.260. The lowest BCUT2D eigenvalue weighted by Gasteiger charge is -2.68. The summed E-state index contributed by atoms with van der Waals surface area (Å²) in [5, 5.41) is 27.4. The van der Waals surface area contributed by atoms with E-state index in [0.29, 0.717) is 25.3 Å². The Labute approximate surface area is 265 Å². The summed E-state index contributed by atoms with van der Waals surface area (Å²) < 4.78 is 17.5. The number of rotatable bonds is 11. The van der Waals surface area contributed by atoms with Gasteiger partial charge in [-0.3, -0.25) is 4.79 Å². The molecule has 0 spiro atoms. The second kappa shape index (κ2) is 12.3. The molecule has 0 saturated heterocycles. The molecule has 5 rings (SSSR count). The molecule has 2 unspecified atom stereocenters. The van der Waals surface area contributed by atoms with E-state index >= 15 is 0 Å². The molecule has 0 aromatic carbocycles. The summed E-state index contributed by atoms with van der Waals surface area (Å²) >= 11 is 0. The van der Waals surface area contributed by atoms with Crippen LogP contribution in [0.1, 0.15) is 113 Å². The third kappa shape index (κ3) is 5.91. The predicted molar refractivity (Wildman–Crippen MR) is 169 cm³/mol. The number of nitrogens with one attached hydrogen (secondary N) is 1. The predicted octanol–water partition coefficient (Wildman–Crippen LogP) is 5.34. The Balaban J connectivity index is 1.17. The van der Waals surface area contributed by atoms with Crippen molar-refractivity contribution < 1.29 is 34.0 Å². The lowest BCUT2D eigenvalue weighted by atomic mass is 9.39. The van der Waals surface area contributed by atoms with Crippen molar-refractivity contribution in [1.82, 2.24) is 5.32 Å². The number of ether oxygens (including phenoxy) is 3. The maximum Gasteiger partial charge on any atom is 0.331 e. The van der Waals surface area contributed by atoms with Crippen LogP contribution in [0.15, 0.2) is 11.6 Å². The van der Waals surface area contributed by atoms with Gasteiger partial charge in [0.15, 0.2) is 0 Å². The van der Waals surface area contributed by atoms with E-state index in [0.717, 1.165) is 63.5 Å². The SMILES string of the molecule is CC(C)CCOC(C)(C)CCNC(=O)CO[C@H]1CC[C@]2(C)C3C[C@@H](O)[C@]4(C)[C@@H](C5=CC(=O)OC5)CC[C@]4(O)C3CC[C@]2(C)C1. The molecule has 3 N–H and O–H groups in total. The average Bonchev–Trinajstić information content (AvgIpc) is 3.48. The van der Waals surface area contributed by atoms with Crippen molar-refractivity contribution in [2.75, 3.05) is 26.4 Å². The van der Waals surface area contributed by atoms with Gasteiger partial charge in [0.2, 0.25) is 5.91 Å². The van der Waals surface area contributed by atoms with Crippen LogP contribution in [-0.2, 0) is 23.8 Å². The molecule has 9 atom stereocenters. The molecule has 5 aliphatic rings. The fourth-order valence-corrected chi connectivity index (χ4v) is 10.3. The van der Waals surface area contributed by atoms with E-state index in [2.05, 4.69) is 53.8 Å². The minimum absolute atomic E-state index is 0.000967. The molecule has 44 heavy (non-hydrogen) atoms. The second-order valence-electron chi connectivity index (χ2n) is 16.7. The molecular formula is C36H59NO7. The summed E-state index contributed by atoms with van der Waals surface area (Å²) in [6, 6.07) is 0. The van der Waals surface area contributed by atoms with E-state index in [1.54, 1.807) is 6.08 Å². The monoisotopic (exact) mass is 617 g/mol. The first-order valence-corrected chi connectivity index (χ1v) is 17.3. The summed E-state index contributed by atoms with van der Waals surface area (Å²) in [7, 11) is 0. The van der Waals surface area contributed by atoms with Crippen molar-refractivity contribution in [2.45, 2.75) is 136 Å². The van der Waals surface area contributed by atoms with Crippen LogP contribution in [0.2, 0.25) is 0 Å². The van der Waals surface area contributed by atoms with E-state index in [1.807, 2.05) is 0 Å². The summed E-state index contributed by atoms with van der Waals surface area (Å²) in [4.78, 5) is 24.6. The maximum absolute atomic E-state index is 12.7. The highest BCUT2D eigenvalue weighted by molar-refractivity contribution is 5.85. The van der Waals surface area contributed by atoms with E-state index in [-0.39, 0.29) is 65.4 Å². The Morgan fingerprint density at radius 3 is 2.57 bits per heavy atom. The van der Waals surface area contributed by atoms with Crippen LogP contribution >= 0.6 is 0 Å². The lowest BCUT2D eigenvalue weighted by Crippen LogP contribution is -2.68. The molecule has 0 radical (unpaired) electrons. The van der Waals surface area contributed by atoms with Crippen LogP contribution in [0.4, 0.5) is 0 Å². The van der Waals surface area contributed by atoms with Gasteiger partial charge in [0.05, 0.1) is 23.4 Å². The van der Waals surface area contributed by atoms with Crippen molar-refractivity contribution in [3.63, 3.8) is 0 Å². The molecule has 4 aliphatic carbocycles. The first kappa shape index (κ1) is 33.9. The fraction of sp³-hybridized carbons (Fsp3) is 0.889. The number of hydrogen-bond acceptors (Lipinski definition) is 7. The van der Waals surface area contributed by atoms with E-state index in [9.17, 15) is 19.8 Å². The van der Waals surface area contributed by atoms with Gasteiger partial charge >= 0.3 is 5.97 Å². The Bertz CT molecular complexity index is 1120. The van der Waals surface area contributed by atoms with Gasteiger partial charge in [-0.15, -0.1) is 0 Å². The smallest absolute Gasteiger partial charge is 0.331 e. The highest BCUT2D eigenvalue weighted by atomic mass is 16.5. The van der Waals surface area contributed by atoms with Crippen LogP contribution in [0, 0.1) is 39.9 Å². The number of carbonyl (C=O) groups is 2. The maximum atomic E-state index is 12.7. The third-order valence-electron chi connectivity index (χ3n) is 13.4. The molecule has 0 aromatic heterocycles. The van der Waals surface area contributed by atoms with Crippen LogP contribution in [0.5, 0.6) is 0 Å². The zero-order chi connectivity index (χ0) is 32.1. The van der Waals surface area contributed by atoms with Gasteiger partial charge in [0.25, 0.3) is 0 Å². The van der Waals surface area contributed by atoms with E-state index in [1.165, 1.54) is 0 Å². The topological polar surface area (TPSA) is 114 Å². The molecule has 250 valence electrons. The average molecular weight is 618 g/mol. The van der Waals surface area contributed by atoms with Gasteiger partial charge in [0, 0.05) is 24.6 Å². The number of fused-ring (bicyclic) bond motifs is 5. The van der Waals surface area contributed by atoms with Gasteiger partial charge in [0.1, 0.15) is 13.2 Å². The summed E-state index contributed by atoms with van der Waals surface area (Å²) in [5.41, 5.74) is -1.06. The first-order valence-electron chi connectivity index (χ1n) is 17.3. The number of esters is 1. The Morgan fingerprint density at radius 1 is 1.14 bits per heavy atom. The molecule has 0 aromatic rings. The number of amides is 1. The van der Waals surface area contributed by atoms with E-state index < -0.39 is 17.1 Å². The van der Waals surface area contributed by atoms with Gasteiger partial charge < -0.3 is 29.7 Å². The van der Waals surface area contributed by atoms with Crippen molar-refractivity contribution in [3.05, 3.63) is 11.6 Å². The highest BCUT2D eigenvalue weighted by Crippen LogP contribution is 2.72. The van der Waals surface area contributed by atoms with Crippen LogP contribution in [0.3, 0.4) is 0 Å². The van der Waals surface area contributed by atoms with Crippen molar-refractivity contribution in [3.8, 4) is 0 Å². The number of cyclic esters (lactones) is 1. The molecule has 8 heteroatoms. The molecule has 8 nitrogen and oxygen atoms in total. The standard InChI is InChI=1S/C36H59NO7/c1-23(2)11-17-44-32(3,4)15-16-37-30(39)22-42-25-8-13-34(6)28-19-29(38)35(7)26(24-18-31(40)43-21-24)10-14-36(35,41)27(28)9-12-33(34,5)20-25/h18,23,25-29,38,41H,8-17,19-22H2,1-7H3,(H,37,39)/t25-,26+,27?,28?,29+,33+,34+,35-,36-/m0/s1. The first-order chi connectivity index (χ1) is 20.5. The normalized spacial score (nSPS) is 41.9. The zero-order valence-electron chi connectivity index (χ0n) is 28.4. The van der Waals surface area contributed by atoms with E-state index in [4.69, 9.17) is 14.2 Å². The molecule has 0 bridgehead atoms. The molecule has 1 aliphatic heterocycles. The van der Waals surface area contributed by atoms with Gasteiger partial charge in [-0.1, -0.05) is 34.6 Å².